The number of ether oxygens (including phenoxy) is 1. The second kappa shape index (κ2) is 7.65. The van der Waals surface area contributed by atoms with Crippen LogP contribution < -0.4 is 9.46 Å². The second-order valence-electron chi connectivity index (χ2n) is 7.92. The Balaban J connectivity index is 1.87. The third kappa shape index (κ3) is 4.11. The minimum atomic E-state index is -3.43. The number of para-hydroxylation sites is 1. The van der Waals surface area contributed by atoms with Crippen LogP contribution >= 0.6 is 0 Å². The Hall–Kier alpha value is -3.06. The van der Waals surface area contributed by atoms with Crippen molar-refractivity contribution < 1.29 is 17.9 Å². The monoisotopic (exact) mass is 424 g/mol. The van der Waals surface area contributed by atoms with Gasteiger partial charge in [-0.05, 0) is 55.2 Å². The maximum absolute atomic E-state index is 12.6. The highest BCUT2D eigenvalue weighted by molar-refractivity contribution is 7.92. The Morgan fingerprint density at radius 2 is 1.83 bits per heavy atom. The molecule has 1 atom stereocenters. The molecule has 0 saturated heterocycles. The number of Topliss-reactive ketones (excluding diaryl/α,β-unsaturated/α-hetero) is 1. The van der Waals surface area contributed by atoms with Gasteiger partial charge in [0.2, 0.25) is 10.0 Å². The molecule has 0 bridgehead atoms. The van der Waals surface area contributed by atoms with E-state index >= 15 is 0 Å². The molecule has 0 amide bonds. The summed E-state index contributed by atoms with van der Waals surface area (Å²) in [4.78, 5) is 16.0. The molecule has 1 unspecified atom stereocenters. The fourth-order valence-corrected chi connectivity index (χ4v) is 4.59. The lowest BCUT2D eigenvalue weighted by Gasteiger charge is -2.20. The van der Waals surface area contributed by atoms with Crippen molar-refractivity contribution in [1.82, 2.24) is 4.98 Å². The Morgan fingerprint density at radius 3 is 2.53 bits per heavy atom. The lowest BCUT2D eigenvalue weighted by Crippen LogP contribution is -2.17. The molecule has 30 heavy (non-hydrogen) atoms. The van der Waals surface area contributed by atoms with Gasteiger partial charge in [0.15, 0.2) is 5.78 Å². The van der Waals surface area contributed by atoms with Crippen LogP contribution in [0.3, 0.4) is 0 Å². The lowest BCUT2D eigenvalue weighted by atomic mass is 9.83. The SMILES string of the molecule is Cc1[nH]c(-c2cc(NS(C)(=O)=O)ccc2Oc2ccccc2)c2c1C(=O)CC(C)C2. The van der Waals surface area contributed by atoms with E-state index in [-0.39, 0.29) is 11.7 Å². The van der Waals surface area contributed by atoms with Crippen molar-refractivity contribution in [2.24, 2.45) is 5.92 Å². The molecule has 2 aromatic carbocycles. The normalized spacial score (nSPS) is 16.2. The van der Waals surface area contributed by atoms with E-state index in [0.29, 0.717) is 29.2 Å². The summed E-state index contributed by atoms with van der Waals surface area (Å²) < 4.78 is 32.1. The van der Waals surface area contributed by atoms with Gasteiger partial charge in [0.25, 0.3) is 0 Å². The minimum Gasteiger partial charge on any atom is -0.457 e. The molecule has 1 aromatic heterocycles. The van der Waals surface area contributed by atoms with Crippen molar-refractivity contribution in [3.63, 3.8) is 0 Å². The Kier molecular flexibility index (Phi) is 5.15. The molecular weight excluding hydrogens is 400 g/mol. The fourth-order valence-electron chi connectivity index (χ4n) is 4.03. The average Bonchev–Trinajstić information content (AvgIpc) is 2.99. The van der Waals surface area contributed by atoms with E-state index in [0.717, 1.165) is 35.2 Å². The van der Waals surface area contributed by atoms with Gasteiger partial charge in [0.1, 0.15) is 11.5 Å². The van der Waals surface area contributed by atoms with Crippen LogP contribution in [0.4, 0.5) is 5.69 Å². The molecule has 1 aliphatic rings. The number of fused-ring (bicyclic) bond motifs is 1. The molecule has 4 rings (SSSR count). The molecule has 0 fully saturated rings. The van der Waals surface area contributed by atoms with E-state index in [1.165, 1.54) is 0 Å². The summed E-state index contributed by atoms with van der Waals surface area (Å²) in [6, 6.07) is 14.5. The third-order valence-corrected chi connectivity index (χ3v) is 5.79. The summed E-state index contributed by atoms with van der Waals surface area (Å²) in [6.45, 7) is 3.96. The van der Waals surface area contributed by atoms with Crippen LogP contribution in [0.1, 0.15) is 35.0 Å². The number of benzene rings is 2. The summed E-state index contributed by atoms with van der Waals surface area (Å²) >= 11 is 0. The second-order valence-corrected chi connectivity index (χ2v) is 9.66. The first kappa shape index (κ1) is 20.2. The van der Waals surface area contributed by atoms with Gasteiger partial charge in [0, 0.05) is 28.9 Å². The van der Waals surface area contributed by atoms with Gasteiger partial charge in [-0.2, -0.15) is 0 Å². The maximum atomic E-state index is 12.6. The molecule has 156 valence electrons. The van der Waals surface area contributed by atoms with Crippen molar-refractivity contribution >= 4 is 21.5 Å². The van der Waals surface area contributed by atoms with Gasteiger partial charge in [0.05, 0.1) is 11.9 Å². The predicted molar refractivity (Wildman–Crippen MR) is 118 cm³/mol. The number of anilines is 1. The molecule has 1 aliphatic carbocycles. The number of carbonyl (C=O) groups is 1. The van der Waals surface area contributed by atoms with Crippen LogP contribution in [-0.4, -0.2) is 25.4 Å². The van der Waals surface area contributed by atoms with Crippen LogP contribution in [-0.2, 0) is 16.4 Å². The highest BCUT2D eigenvalue weighted by Gasteiger charge is 2.30. The van der Waals surface area contributed by atoms with Crippen LogP contribution in [0.5, 0.6) is 11.5 Å². The first-order valence-corrected chi connectivity index (χ1v) is 11.7. The lowest BCUT2D eigenvalue weighted by molar-refractivity contribution is 0.0953. The smallest absolute Gasteiger partial charge is 0.229 e. The highest BCUT2D eigenvalue weighted by atomic mass is 32.2. The summed E-state index contributed by atoms with van der Waals surface area (Å²) in [5.74, 6) is 1.63. The third-order valence-electron chi connectivity index (χ3n) is 5.18. The molecular formula is C23H24N2O4S. The largest absolute Gasteiger partial charge is 0.457 e. The molecule has 7 heteroatoms. The first-order valence-electron chi connectivity index (χ1n) is 9.81. The van der Waals surface area contributed by atoms with E-state index < -0.39 is 10.0 Å². The maximum Gasteiger partial charge on any atom is 0.229 e. The number of ketones is 1. The van der Waals surface area contributed by atoms with E-state index in [4.69, 9.17) is 4.74 Å². The molecule has 0 saturated carbocycles. The van der Waals surface area contributed by atoms with Gasteiger partial charge in [-0.25, -0.2) is 8.42 Å². The number of aromatic amines is 1. The number of hydrogen-bond donors (Lipinski definition) is 2. The fraction of sp³-hybridized carbons (Fsp3) is 0.261. The number of carbonyl (C=O) groups excluding carboxylic acids is 1. The topological polar surface area (TPSA) is 88.3 Å². The summed E-state index contributed by atoms with van der Waals surface area (Å²) in [5, 5.41) is 0. The summed E-state index contributed by atoms with van der Waals surface area (Å²) in [7, 11) is -3.43. The predicted octanol–water partition coefficient (Wildman–Crippen LogP) is 4.92. The van der Waals surface area contributed by atoms with Gasteiger partial charge in [-0.1, -0.05) is 25.1 Å². The molecule has 0 spiro atoms. The molecule has 0 aliphatic heterocycles. The van der Waals surface area contributed by atoms with Crippen LogP contribution in [0, 0.1) is 12.8 Å². The van der Waals surface area contributed by atoms with E-state index in [2.05, 4.69) is 16.6 Å². The zero-order chi connectivity index (χ0) is 21.5. The number of aryl methyl sites for hydroxylation is 1. The van der Waals surface area contributed by atoms with Crippen LogP contribution in [0.2, 0.25) is 0 Å². The summed E-state index contributed by atoms with van der Waals surface area (Å²) in [6.07, 6.45) is 2.42. The number of hydrogen-bond acceptors (Lipinski definition) is 4. The number of sulfonamides is 1. The molecule has 0 radical (unpaired) electrons. The van der Waals surface area contributed by atoms with E-state index in [9.17, 15) is 13.2 Å². The van der Waals surface area contributed by atoms with Crippen LogP contribution in [0.25, 0.3) is 11.3 Å². The Bertz CT molecular complexity index is 1210. The highest BCUT2D eigenvalue weighted by Crippen LogP contribution is 2.41. The van der Waals surface area contributed by atoms with Crippen LogP contribution in [0.15, 0.2) is 48.5 Å². The number of nitrogens with one attached hydrogen (secondary N) is 2. The van der Waals surface area contributed by atoms with E-state index in [1.807, 2.05) is 37.3 Å². The van der Waals surface area contributed by atoms with Crippen molar-refractivity contribution in [2.75, 3.05) is 11.0 Å². The van der Waals surface area contributed by atoms with Gasteiger partial charge in [-0.3, -0.25) is 9.52 Å². The van der Waals surface area contributed by atoms with Gasteiger partial charge in [-0.15, -0.1) is 0 Å². The quantitative estimate of drug-likeness (QED) is 0.609. The minimum absolute atomic E-state index is 0.139. The average molecular weight is 425 g/mol. The number of H-pyrrole nitrogens is 1. The number of rotatable bonds is 5. The van der Waals surface area contributed by atoms with Gasteiger partial charge >= 0.3 is 0 Å². The molecule has 3 aromatic rings. The van der Waals surface area contributed by atoms with Gasteiger partial charge < -0.3 is 9.72 Å². The zero-order valence-electron chi connectivity index (χ0n) is 17.2. The Labute approximate surface area is 176 Å². The standard InChI is InChI=1S/C23H24N2O4S/c1-14-11-19-22(20(26)12-14)15(2)24-23(19)18-13-16(25-30(3,27)28)9-10-21(18)29-17-7-5-4-6-8-17/h4-10,13-14,24-25H,11-12H2,1-3H3. The summed E-state index contributed by atoms with van der Waals surface area (Å²) in [5.41, 5.74) is 4.47. The Morgan fingerprint density at radius 1 is 1.10 bits per heavy atom. The molecule has 1 heterocycles. The molecule has 2 N–H and O–H groups in total. The van der Waals surface area contributed by atoms with E-state index in [1.54, 1.807) is 18.2 Å². The van der Waals surface area contributed by atoms with Crippen molar-refractivity contribution in [1.29, 1.82) is 0 Å². The first-order chi connectivity index (χ1) is 14.2. The number of aromatic nitrogens is 1. The van der Waals surface area contributed by atoms with Crippen molar-refractivity contribution in [3.05, 3.63) is 65.4 Å². The zero-order valence-corrected chi connectivity index (χ0v) is 18.0. The van der Waals surface area contributed by atoms with Crippen molar-refractivity contribution in [2.45, 2.75) is 26.7 Å². The van der Waals surface area contributed by atoms with Crippen molar-refractivity contribution in [3.8, 4) is 22.8 Å². The molecule has 6 nitrogen and oxygen atoms in total.